The molecule has 0 spiro atoms. The van der Waals surface area contributed by atoms with E-state index in [1.165, 1.54) is 0 Å². The molecule has 0 aliphatic carbocycles. The lowest BCUT2D eigenvalue weighted by Gasteiger charge is -2.09. The first kappa shape index (κ1) is 11.9. The highest BCUT2D eigenvalue weighted by Crippen LogP contribution is 2.19. The van der Waals surface area contributed by atoms with Gasteiger partial charge in [-0.25, -0.2) is 0 Å². The molecule has 0 fully saturated rings. The van der Waals surface area contributed by atoms with Gasteiger partial charge in [-0.15, -0.1) is 0 Å². The molecule has 0 bridgehead atoms. The normalized spacial score (nSPS) is 11.2. The van der Waals surface area contributed by atoms with Gasteiger partial charge in [-0.3, -0.25) is 4.98 Å². The van der Waals surface area contributed by atoms with E-state index in [1.807, 2.05) is 30.3 Å². The van der Waals surface area contributed by atoms with Crippen molar-refractivity contribution in [3.8, 4) is 0 Å². The number of anilines is 1. The van der Waals surface area contributed by atoms with Crippen molar-refractivity contribution in [2.45, 2.75) is 20.4 Å². The van der Waals surface area contributed by atoms with Crippen molar-refractivity contribution in [2.75, 3.05) is 12.3 Å². The van der Waals surface area contributed by atoms with Crippen LogP contribution in [0.1, 0.15) is 19.5 Å². The number of benzene rings is 1. The molecule has 2 rings (SSSR count). The SMILES string of the molecule is CC(C)CNCc1cc(N)c2ccccc2n1. The van der Waals surface area contributed by atoms with Crippen LogP contribution in [0.3, 0.4) is 0 Å². The predicted octanol–water partition coefficient (Wildman–Crippen LogP) is 2.56. The highest BCUT2D eigenvalue weighted by atomic mass is 14.9. The Morgan fingerprint density at radius 2 is 2.06 bits per heavy atom. The summed E-state index contributed by atoms with van der Waals surface area (Å²) in [6.45, 7) is 6.14. The van der Waals surface area contributed by atoms with Crippen LogP contribution in [0.4, 0.5) is 5.69 Å². The maximum absolute atomic E-state index is 6.02. The summed E-state index contributed by atoms with van der Waals surface area (Å²) in [7, 11) is 0. The molecule has 3 N–H and O–H groups in total. The number of nitrogens with zero attached hydrogens (tertiary/aromatic N) is 1. The average molecular weight is 229 g/mol. The summed E-state index contributed by atoms with van der Waals surface area (Å²) in [6, 6.07) is 9.92. The van der Waals surface area contributed by atoms with Gasteiger partial charge in [-0.1, -0.05) is 32.0 Å². The predicted molar refractivity (Wildman–Crippen MR) is 72.7 cm³/mol. The van der Waals surface area contributed by atoms with Gasteiger partial charge in [0.05, 0.1) is 11.2 Å². The standard InChI is InChI=1S/C14H19N3/c1-10(2)8-16-9-11-7-13(15)12-5-3-4-6-14(12)17-11/h3-7,10,16H,8-9H2,1-2H3,(H2,15,17). The molecular weight excluding hydrogens is 210 g/mol. The molecule has 2 aromatic rings. The minimum absolute atomic E-state index is 0.646. The highest BCUT2D eigenvalue weighted by molar-refractivity contribution is 5.90. The molecule has 3 nitrogen and oxygen atoms in total. The molecular formula is C14H19N3. The Bertz CT molecular complexity index is 506. The molecule has 1 aromatic heterocycles. The smallest absolute Gasteiger partial charge is 0.0726 e. The first-order valence-electron chi connectivity index (χ1n) is 6.01. The zero-order valence-electron chi connectivity index (χ0n) is 10.4. The summed E-state index contributed by atoms with van der Waals surface area (Å²) in [4.78, 5) is 4.59. The molecule has 0 aliphatic heterocycles. The van der Waals surface area contributed by atoms with Gasteiger partial charge in [-0.2, -0.15) is 0 Å². The summed E-state index contributed by atoms with van der Waals surface area (Å²) in [5.74, 6) is 0.646. The lowest BCUT2D eigenvalue weighted by atomic mass is 10.1. The third-order valence-electron chi connectivity index (χ3n) is 2.66. The van der Waals surface area contributed by atoms with Crippen molar-refractivity contribution in [1.29, 1.82) is 0 Å². The topological polar surface area (TPSA) is 50.9 Å². The molecule has 90 valence electrons. The van der Waals surface area contributed by atoms with Gasteiger partial charge in [0.15, 0.2) is 0 Å². The van der Waals surface area contributed by atoms with Crippen LogP contribution in [-0.4, -0.2) is 11.5 Å². The summed E-state index contributed by atoms with van der Waals surface area (Å²) in [5.41, 5.74) is 8.79. The van der Waals surface area contributed by atoms with E-state index in [-0.39, 0.29) is 0 Å². The van der Waals surface area contributed by atoms with Crippen LogP contribution < -0.4 is 11.1 Å². The van der Waals surface area contributed by atoms with Crippen molar-refractivity contribution in [2.24, 2.45) is 5.92 Å². The number of hydrogen-bond acceptors (Lipinski definition) is 3. The molecule has 0 amide bonds. The average Bonchev–Trinajstić information content (AvgIpc) is 2.28. The number of nitrogen functional groups attached to an aromatic ring is 1. The van der Waals surface area contributed by atoms with Crippen LogP contribution in [0.25, 0.3) is 10.9 Å². The Morgan fingerprint density at radius 1 is 1.29 bits per heavy atom. The Morgan fingerprint density at radius 3 is 2.82 bits per heavy atom. The van der Waals surface area contributed by atoms with Gasteiger partial charge in [0.1, 0.15) is 0 Å². The van der Waals surface area contributed by atoms with Crippen molar-refractivity contribution < 1.29 is 0 Å². The van der Waals surface area contributed by atoms with E-state index in [9.17, 15) is 0 Å². The van der Waals surface area contributed by atoms with Crippen molar-refractivity contribution in [3.63, 3.8) is 0 Å². The Kier molecular flexibility index (Phi) is 3.59. The first-order valence-corrected chi connectivity index (χ1v) is 6.01. The molecule has 0 saturated carbocycles. The number of pyridine rings is 1. The van der Waals surface area contributed by atoms with Crippen molar-refractivity contribution >= 4 is 16.6 Å². The van der Waals surface area contributed by atoms with Gasteiger partial charge < -0.3 is 11.1 Å². The molecule has 0 radical (unpaired) electrons. The van der Waals surface area contributed by atoms with Gasteiger partial charge in [0.25, 0.3) is 0 Å². The molecule has 17 heavy (non-hydrogen) atoms. The van der Waals surface area contributed by atoms with Crippen LogP contribution in [0.5, 0.6) is 0 Å². The number of fused-ring (bicyclic) bond motifs is 1. The van der Waals surface area contributed by atoms with Crippen molar-refractivity contribution in [3.05, 3.63) is 36.0 Å². The highest BCUT2D eigenvalue weighted by Gasteiger charge is 2.02. The molecule has 0 unspecified atom stereocenters. The van der Waals surface area contributed by atoms with E-state index in [0.29, 0.717) is 5.92 Å². The molecule has 1 aromatic carbocycles. The van der Waals surface area contributed by atoms with Gasteiger partial charge in [-0.05, 0) is 24.6 Å². The van der Waals surface area contributed by atoms with Crippen molar-refractivity contribution in [1.82, 2.24) is 10.3 Å². The zero-order chi connectivity index (χ0) is 12.3. The summed E-state index contributed by atoms with van der Waals surface area (Å²) >= 11 is 0. The Balaban J connectivity index is 2.19. The second-order valence-corrected chi connectivity index (χ2v) is 4.74. The number of para-hydroxylation sites is 1. The lowest BCUT2D eigenvalue weighted by molar-refractivity contribution is 0.549. The molecule has 0 saturated heterocycles. The second-order valence-electron chi connectivity index (χ2n) is 4.74. The summed E-state index contributed by atoms with van der Waals surface area (Å²) in [5, 5.41) is 4.40. The van der Waals surface area contributed by atoms with Crippen LogP contribution in [-0.2, 0) is 6.54 Å². The Hall–Kier alpha value is -1.61. The fourth-order valence-electron chi connectivity index (χ4n) is 1.84. The Labute approximate surface area is 102 Å². The van der Waals surface area contributed by atoms with Gasteiger partial charge in [0, 0.05) is 17.6 Å². The summed E-state index contributed by atoms with van der Waals surface area (Å²) in [6.07, 6.45) is 0. The number of aromatic nitrogens is 1. The van der Waals surface area contributed by atoms with Gasteiger partial charge in [0.2, 0.25) is 0 Å². The molecule has 3 heteroatoms. The van der Waals surface area contributed by atoms with E-state index >= 15 is 0 Å². The van der Waals surface area contributed by atoms with E-state index in [0.717, 1.165) is 35.4 Å². The van der Waals surface area contributed by atoms with E-state index in [2.05, 4.69) is 24.1 Å². The summed E-state index contributed by atoms with van der Waals surface area (Å²) < 4.78 is 0. The fraction of sp³-hybridized carbons (Fsp3) is 0.357. The number of rotatable bonds is 4. The fourth-order valence-corrected chi connectivity index (χ4v) is 1.84. The van der Waals surface area contributed by atoms with Gasteiger partial charge >= 0.3 is 0 Å². The third-order valence-corrected chi connectivity index (χ3v) is 2.66. The van der Waals surface area contributed by atoms with E-state index in [4.69, 9.17) is 5.73 Å². The number of nitrogens with one attached hydrogen (secondary N) is 1. The maximum Gasteiger partial charge on any atom is 0.0726 e. The van der Waals surface area contributed by atoms with Crippen LogP contribution >= 0.6 is 0 Å². The molecule has 1 heterocycles. The maximum atomic E-state index is 6.02. The quantitative estimate of drug-likeness (QED) is 0.847. The van der Waals surface area contributed by atoms with Crippen LogP contribution in [0.15, 0.2) is 30.3 Å². The molecule has 0 atom stereocenters. The minimum Gasteiger partial charge on any atom is -0.398 e. The second kappa shape index (κ2) is 5.15. The van der Waals surface area contributed by atoms with Crippen LogP contribution in [0, 0.1) is 5.92 Å². The lowest BCUT2D eigenvalue weighted by Crippen LogP contribution is -2.19. The monoisotopic (exact) mass is 229 g/mol. The zero-order valence-corrected chi connectivity index (χ0v) is 10.4. The van der Waals surface area contributed by atoms with E-state index < -0.39 is 0 Å². The number of nitrogens with two attached hydrogens (primary N) is 1. The molecule has 0 aliphatic rings. The third kappa shape index (κ3) is 2.94. The first-order chi connectivity index (χ1) is 8.16. The van der Waals surface area contributed by atoms with Crippen LogP contribution in [0.2, 0.25) is 0 Å². The minimum atomic E-state index is 0.646. The largest absolute Gasteiger partial charge is 0.398 e. The van der Waals surface area contributed by atoms with E-state index in [1.54, 1.807) is 0 Å². The number of hydrogen-bond donors (Lipinski definition) is 2.